The molecule has 3 rings (SSSR count). The number of para-hydroxylation sites is 1. The van der Waals surface area contributed by atoms with Crippen molar-refractivity contribution in [3.63, 3.8) is 0 Å². The summed E-state index contributed by atoms with van der Waals surface area (Å²) in [6, 6.07) is 13.8. The zero-order valence-corrected chi connectivity index (χ0v) is 14.9. The number of benzene rings is 2. The van der Waals surface area contributed by atoms with Gasteiger partial charge in [-0.25, -0.2) is 9.59 Å². The number of nitrogens with zero attached hydrogens (tertiary/aromatic N) is 1. The van der Waals surface area contributed by atoms with Crippen molar-refractivity contribution in [3.8, 4) is 5.75 Å². The van der Waals surface area contributed by atoms with E-state index in [1.165, 1.54) is 0 Å². The normalized spacial score (nSPS) is 19.4. The number of esters is 1. The number of ether oxygens (including phenoxy) is 1. The summed E-state index contributed by atoms with van der Waals surface area (Å²) in [6.07, 6.45) is 0. The molecule has 2 aromatic carbocycles. The van der Waals surface area contributed by atoms with E-state index in [2.05, 4.69) is 5.32 Å². The quantitative estimate of drug-likeness (QED) is 0.521. The third-order valence-electron chi connectivity index (χ3n) is 4.54. The summed E-state index contributed by atoms with van der Waals surface area (Å²) in [7, 11) is 0. The average Bonchev–Trinajstić information content (AvgIpc) is 2.83. The first-order valence-corrected chi connectivity index (χ1v) is 8.29. The van der Waals surface area contributed by atoms with E-state index in [1.807, 2.05) is 38.1 Å². The van der Waals surface area contributed by atoms with Crippen LogP contribution in [0.4, 0.5) is 4.79 Å². The molecule has 1 N–H and O–H groups in total. The van der Waals surface area contributed by atoms with Gasteiger partial charge in [0, 0.05) is 0 Å². The molecule has 0 spiro atoms. The van der Waals surface area contributed by atoms with Gasteiger partial charge in [0.1, 0.15) is 17.8 Å². The van der Waals surface area contributed by atoms with E-state index in [1.54, 1.807) is 31.2 Å². The van der Waals surface area contributed by atoms with Gasteiger partial charge in [-0.3, -0.25) is 9.69 Å². The van der Waals surface area contributed by atoms with Crippen LogP contribution in [0.25, 0.3) is 0 Å². The highest BCUT2D eigenvalue weighted by Gasteiger charge is 2.49. The van der Waals surface area contributed by atoms with Crippen LogP contribution in [0.3, 0.4) is 0 Å². The second kappa shape index (κ2) is 6.63. The lowest BCUT2D eigenvalue weighted by atomic mass is 9.92. The maximum Gasteiger partial charge on any atom is 0.331 e. The second-order valence-corrected chi connectivity index (χ2v) is 6.51. The van der Waals surface area contributed by atoms with E-state index in [9.17, 15) is 14.4 Å². The molecule has 3 amide bonds. The zero-order chi connectivity index (χ0) is 18.9. The van der Waals surface area contributed by atoms with Crippen molar-refractivity contribution in [2.24, 2.45) is 0 Å². The maximum absolute atomic E-state index is 12.8. The number of urea groups is 1. The van der Waals surface area contributed by atoms with E-state index in [-0.39, 0.29) is 0 Å². The largest absolute Gasteiger partial charge is 0.425 e. The molecule has 6 nitrogen and oxygen atoms in total. The van der Waals surface area contributed by atoms with Crippen LogP contribution < -0.4 is 10.1 Å². The summed E-state index contributed by atoms with van der Waals surface area (Å²) >= 11 is 0. The number of aryl methyl sites for hydroxylation is 2. The first-order valence-electron chi connectivity index (χ1n) is 8.29. The summed E-state index contributed by atoms with van der Waals surface area (Å²) in [4.78, 5) is 38.3. The topological polar surface area (TPSA) is 75.7 Å². The highest BCUT2D eigenvalue weighted by molar-refractivity contribution is 6.08. The molecular formula is C20H20N2O4. The lowest BCUT2D eigenvalue weighted by Gasteiger charge is -2.22. The van der Waals surface area contributed by atoms with Gasteiger partial charge in [0.05, 0.1) is 0 Å². The second-order valence-electron chi connectivity index (χ2n) is 6.51. The Morgan fingerprint density at radius 3 is 2.27 bits per heavy atom. The summed E-state index contributed by atoms with van der Waals surface area (Å²) in [6.45, 7) is 4.84. The van der Waals surface area contributed by atoms with E-state index in [0.717, 1.165) is 16.0 Å². The molecule has 1 fully saturated rings. The van der Waals surface area contributed by atoms with Gasteiger partial charge in [-0.2, -0.15) is 0 Å². The number of hydrogen-bond acceptors (Lipinski definition) is 4. The van der Waals surface area contributed by atoms with Gasteiger partial charge in [-0.05, 0) is 37.5 Å². The maximum atomic E-state index is 12.8. The minimum atomic E-state index is -1.20. The number of hydrogen-bond donors (Lipinski definition) is 1. The highest BCUT2D eigenvalue weighted by Crippen LogP contribution is 2.29. The molecule has 2 aromatic rings. The fourth-order valence-corrected chi connectivity index (χ4v) is 3.04. The van der Waals surface area contributed by atoms with E-state index >= 15 is 0 Å². The van der Waals surface area contributed by atoms with Gasteiger partial charge in [0.15, 0.2) is 0 Å². The molecule has 0 bridgehead atoms. The Morgan fingerprint density at radius 1 is 1.04 bits per heavy atom. The van der Waals surface area contributed by atoms with E-state index in [0.29, 0.717) is 11.3 Å². The smallest absolute Gasteiger partial charge is 0.331 e. The molecule has 0 aromatic heterocycles. The SMILES string of the molecule is Cc1cccc(C)c1OC(=O)CN1C(=O)N[C@@](C)(c2ccccc2)C1=O. The summed E-state index contributed by atoms with van der Waals surface area (Å²) in [5.41, 5.74) is 1.08. The van der Waals surface area contributed by atoms with Crippen LogP contribution >= 0.6 is 0 Å². The van der Waals surface area contributed by atoms with E-state index in [4.69, 9.17) is 4.74 Å². The predicted octanol–water partition coefficient (Wildman–Crippen LogP) is 2.68. The third kappa shape index (κ3) is 3.06. The lowest BCUT2D eigenvalue weighted by molar-refractivity contribution is -0.141. The molecule has 1 atom stereocenters. The molecule has 0 radical (unpaired) electrons. The Hall–Kier alpha value is -3.15. The molecule has 1 heterocycles. The van der Waals surface area contributed by atoms with Crippen molar-refractivity contribution in [2.75, 3.05) is 6.54 Å². The number of rotatable bonds is 4. The summed E-state index contributed by atoms with van der Waals surface area (Å²) in [5, 5.41) is 2.67. The molecule has 0 unspecified atom stereocenters. The van der Waals surface area contributed by atoms with Crippen LogP contribution in [0.2, 0.25) is 0 Å². The fraction of sp³-hybridized carbons (Fsp3) is 0.250. The van der Waals surface area contributed by atoms with Crippen molar-refractivity contribution < 1.29 is 19.1 Å². The number of carbonyl (C=O) groups is 3. The van der Waals surface area contributed by atoms with Crippen molar-refractivity contribution in [1.29, 1.82) is 0 Å². The van der Waals surface area contributed by atoms with Gasteiger partial charge in [0.2, 0.25) is 0 Å². The molecule has 1 aliphatic rings. The van der Waals surface area contributed by atoms with Crippen LogP contribution in [0.1, 0.15) is 23.6 Å². The van der Waals surface area contributed by atoms with Crippen molar-refractivity contribution in [3.05, 3.63) is 65.2 Å². The monoisotopic (exact) mass is 352 g/mol. The number of imide groups is 1. The van der Waals surface area contributed by atoms with Gasteiger partial charge in [-0.15, -0.1) is 0 Å². The fourth-order valence-electron chi connectivity index (χ4n) is 3.04. The van der Waals surface area contributed by atoms with Crippen LogP contribution in [0.5, 0.6) is 5.75 Å². The Morgan fingerprint density at radius 2 is 1.65 bits per heavy atom. The lowest BCUT2D eigenvalue weighted by Crippen LogP contribution is -2.41. The first kappa shape index (κ1) is 17.7. The van der Waals surface area contributed by atoms with Crippen LogP contribution in [0.15, 0.2) is 48.5 Å². The Kier molecular flexibility index (Phi) is 4.50. The molecule has 134 valence electrons. The molecule has 1 aliphatic heterocycles. The molecule has 0 aliphatic carbocycles. The van der Waals surface area contributed by atoms with Crippen LogP contribution in [-0.2, 0) is 15.1 Å². The summed E-state index contributed by atoms with van der Waals surface area (Å²) in [5.74, 6) is -0.689. The van der Waals surface area contributed by atoms with Crippen molar-refractivity contribution in [1.82, 2.24) is 10.2 Å². The molecule has 1 saturated heterocycles. The number of nitrogens with one attached hydrogen (secondary N) is 1. The van der Waals surface area contributed by atoms with Gasteiger partial charge in [0.25, 0.3) is 5.91 Å². The third-order valence-corrected chi connectivity index (χ3v) is 4.54. The van der Waals surface area contributed by atoms with E-state index < -0.39 is 30.0 Å². The molecule has 26 heavy (non-hydrogen) atoms. The zero-order valence-electron chi connectivity index (χ0n) is 14.9. The van der Waals surface area contributed by atoms with Crippen LogP contribution in [-0.4, -0.2) is 29.4 Å². The van der Waals surface area contributed by atoms with Crippen LogP contribution in [0, 0.1) is 13.8 Å². The molecule has 6 heteroatoms. The Labute approximate surface area is 151 Å². The Bertz CT molecular complexity index is 858. The van der Waals surface area contributed by atoms with Gasteiger partial charge < -0.3 is 10.1 Å². The highest BCUT2D eigenvalue weighted by atomic mass is 16.5. The minimum absolute atomic E-state index is 0.444. The minimum Gasteiger partial charge on any atom is -0.425 e. The van der Waals surface area contributed by atoms with Gasteiger partial charge >= 0.3 is 12.0 Å². The predicted molar refractivity (Wildman–Crippen MR) is 95.6 cm³/mol. The van der Waals surface area contributed by atoms with Crippen molar-refractivity contribution in [2.45, 2.75) is 26.3 Å². The average molecular weight is 352 g/mol. The first-order chi connectivity index (χ1) is 12.3. The summed E-state index contributed by atoms with van der Waals surface area (Å²) < 4.78 is 5.40. The number of amides is 3. The molecular weight excluding hydrogens is 332 g/mol. The standard InChI is InChI=1S/C20H20N2O4/c1-13-8-7-9-14(2)17(13)26-16(23)12-22-18(24)20(3,21-19(22)25)15-10-5-4-6-11-15/h4-11H,12H2,1-3H3,(H,21,25)/t20-/m0/s1. The van der Waals surface area contributed by atoms with Crippen molar-refractivity contribution >= 4 is 17.9 Å². The molecule has 0 saturated carbocycles. The number of carbonyl (C=O) groups excluding carboxylic acids is 3. The van der Waals surface area contributed by atoms with Gasteiger partial charge in [-0.1, -0.05) is 48.5 Å². The Balaban J connectivity index is 1.77.